The van der Waals surface area contributed by atoms with Crippen molar-refractivity contribution in [1.29, 1.82) is 0 Å². The average Bonchev–Trinajstić information content (AvgIpc) is 2.23. The van der Waals surface area contributed by atoms with Crippen molar-refractivity contribution in [2.45, 2.75) is 19.9 Å². The Hall–Kier alpha value is -1.22. The van der Waals surface area contributed by atoms with Crippen LogP contribution in [0.5, 0.6) is 11.5 Å². The monoisotopic (exact) mass is 207 g/mol. The third-order valence-electron chi connectivity index (χ3n) is 2.99. The van der Waals surface area contributed by atoms with E-state index >= 15 is 0 Å². The predicted molar refractivity (Wildman–Crippen MR) is 59.2 cm³/mol. The van der Waals surface area contributed by atoms with E-state index in [1.807, 2.05) is 18.2 Å². The zero-order valence-corrected chi connectivity index (χ0v) is 9.41. The fourth-order valence-corrected chi connectivity index (χ4v) is 1.86. The van der Waals surface area contributed by atoms with Gasteiger partial charge in [0.15, 0.2) is 11.5 Å². The highest BCUT2D eigenvalue weighted by atomic mass is 16.5. The molecule has 1 atom stereocenters. The number of rotatable bonds is 1. The number of benzene rings is 1. The molecule has 1 unspecified atom stereocenters. The van der Waals surface area contributed by atoms with Crippen LogP contribution in [0.3, 0.4) is 0 Å². The summed E-state index contributed by atoms with van der Waals surface area (Å²) in [4.78, 5) is 0. The number of hydrogen-bond donors (Lipinski definition) is 1. The van der Waals surface area contributed by atoms with Crippen molar-refractivity contribution in [1.82, 2.24) is 0 Å². The van der Waals surface area contributed by atoms with Crippen molar-refractivity contribution in [3.05, 3.63) is 23.8 Å². The Morgan fingerprint density at radius 2 is 2.20 bits per heavy atom. The zero-order valence-electron chi connectivity index (χ0n) is 9.41. The van der Waals surface area contributed by atoms with Crippen molar-refractivity contribution in [3.63, 3.8) is 0 Å². The summed E-state index contributed by atoms with van der Waals surface area (Å²) < 4.78 is 11.0. The van der Waals surface area contributed by atoms with Gasteiger partial charge in [-0.1, -0.05) is 26.0 Å². The van der Waals surface area contributed by atoms with E-state index < -0.39 is 0 Å². The van der Waals surface area contributed by atoms with Crippen molar-refractivity contribution < 1.29 is 9.47 Å². The molecule has 1 aliphatic rings. The van der Waals surface area contributed by atoms with Crippen LogP contribution in [-0.2, 0) is 0 Å². The van der Waals surface area contributed by atoms with Crippen LogP contribution >= 0.6 is 0 Å². The third-order valence-corrected chi connectivity index (χ3v) is 2.99. The van der Waals surface area contributed by atoms with Gasteiger partial charge in [0.2, 0.25) is 0 Å². The lowest BCUT2D eigenvalue weighted by molar-refractivity contribution is 0.118. The molecule has 0 radical (unpaired) electrons. The Labute approximate surface area is 90.2 Å². The fraction of sp³-hybridized carbons (Fsp3) is 0.500. The van der Waals surface area contributed by atoms with E-state index in [1.165, 1.54) is 0 Å². The van der Waals surface area contributed by atoms with E-state index in [2.05, 4.69) is 13.8 Å². The Bertz CT molecular complexity index is 374. The van der Waals surface area contributed by atoms with Gasteiger partial charge in [0, 0.05) is 17.0 Å². The molecule has 0 fully saturated rings. The van der Waals surface area contributed by atoms with Gasteiger partial charge in [-0.3, -0.25) is 0 Å². The van der Waals surface area contributed by atoms with E-state index in [0.29, 0.717) is 6.61 Å². The van der Waals surface area contributed by atoms with Crippen LogP contribution in [0.15, 0.2) is 18.2 Å². The predicted octanol–water partition coefficient (Wildman–Crippen LogP) is 2.11. The number of hydrogen-bond acceptors (Lipinski definition) is 3. The van der Waals surface area contributed by atoms with Crippen molar-refractivity contribution in [2.75, 3.05) is 13.7 Å². The maximum Gasteiger partial charge on any atom is 0.165 e. The second-order valence-electron chi connectivity index (χ2n) is 4.63. The van der Waals surface area contributed by atoms with Crippen LogP contribution in [0.1, 0.15) is 25.5 Å². The maximum atomic E-state index is 6.21. The molecule has 0 bridgehead atoms. The minimum atomic E-state index is -0.0284. The minimum Gasteiger partial charge on any atom is -0.493 e. The Kier molecular flexibility index (Phi) is 2.35. The molecule has 0 amide bonds. The molecule has 0 saturated heterocycles. The highest BCUT2D eigenvalue weighted by Gasteiger charge is 2.36. The largest absolute Gasteiger partial charge is 0.493 e. The van der Waals surface area contributed by atoms with Gasteiger partial charge in [-0.25, -0.2) is 0 Å². The van der Waals surface area contributed by atoms with Gasteiger partial charge >= 0.3 is 0 Å². The van der Waals surface area contributed by atoms with Crippen molar-refractivity contribution in [2.24, 2.45) is 11.1 Å². The number of methoxy groups -OCH3 is 1. The van der Waals surface area contributed by atoms with E-state index in [1.54, 1.807) is 7.11 Å². The van der Waals surface area contributed by atoms with Gasteiger partial charge < -0.3 is 15.2 Å². The van der Waals surface area contributed by atoms with Crippen LogP contribution in [0.2, 0.25) is 0 Å². The summed E-state index contributed by atoms with van der Waals surface area (Å²) >= 11 is 0. The summed E-state index contributed by atoms with van der Waals surface area (Å²) in [5.41, 5.74) is 7.22. The second kappa shape index (κ2) is 3.42. The fourth-order valence-electron chi connectivity index (χ4n) is 1.86. The Morgan fingerprint density at radius 1 is 1.47 bits per heavy atom. The molecule has 1 aliphatic heterocycles. The summed E-state index contributed by atoms with van der Waals surface area (Å²) in [6.07, 6.45) is 0. The molecule has 0 saturated carbocycles. The number of nitrogens with two attached hydrogens (primary N) is 1. The van der Waals surface area contributed by atoms with Crippen molar-refractivity contribution >= 4 is 0 Å². The first-order valence-corrected chi connectivity index (χ1v) is 5.11. The van der Waals surface area contributed by atoms with Crippen molar-refractivity contribution in [3.8, 4) is 11.5 Å². The van der Waals surface area contributed by atoms with Crippen LogP contribution in [0.4, 0.5) is 0 Å². The van der Waals surface area contributed by atoms with Gasteiger partial charge in [-0.2, -0.15) is 0 Å². The average molecular weight is 207 g/mol. The molecule has 1 aromatic rings. The molecular formula is C12H17NO2. The first kappa shape index (κ1) is 10.3. The lowest BCUT2D eigenvalue weighted by atomic mass is 9.79. The van der Waals surface area contributed by atoms with Gasteiger partial charge in [0.25, 0.3) is 0 Å². The first-order valence-electron chi connectivity index (χ1n) is 5.11. The summed E-state index contributed by atoms with van der Waals surface area (Å²) in [6, 6.07) is 5.84. The van der Waals surface area contributed by atoms with Crippen LogP contribution in [-0.4, -0.2) is 13.7 Å². The number of para-hydroxylation sites is 1. The molecule has 1 aromatic carbocycles. The van der Waals surface area contributed by atoms with Gasteiger partial charge in [-0.15, -0.1) is 0 Å². The third kappa shape index (κ3) is 1.57. The molecule has 0 aromatic heterocycles. The van der Waals surface area contributed by atoms with E-state index in [-0.39, 0.29) is 11.5 Å². The molecule has 2 N–H and O–H groups in total. The van der Waals surface area contributed by atoms with Crippen LogP contribution in [0, 0.1) is 5.41 Å². The summed E-state index contributed by atoms with van der Waals surface area (Å²) in [6.45, 7) is 4.85. The minimum absolute atomic E-state index is 0.00338. The van der Waals surface area contributed by atoms with E-state index in [4.69, 9.17) is 15.2 Å². The van der Waals surface area contributed by atoms with E-state index in [0.717, 1.165) is 17.1 Å². The van der Waals surface area contributed by atoms with Gasteiger partial charge in [0.05, 0.1) is 13.7 Å². The lowest BCUT2D eigenvalue weighted by Gasteiger charge is -2.37. The SMILES string of the molecule is COc1cccc2c1OCC(C)(C)C2N. The molecule has 1 heterocycles. The quantitative estimate of drug-likeness (QED) is 0.767. The molecule has 2 rings (SSSR count). The Balaban J connectivity index is 2.49. The smallest absolute Gasteiger partial charge is 0.165 e. The standard InChI is InChI=1S/C12H17NO2/c1-12(2)7-15-10-8(11(12)13)5-4-6-9(10)14-3/h4-6,11H,7,13H2,1-3H3. The lowest BCUT2D eigenvalue weighted by Crippen LogP contribution is -2.38. The summed E-state index contributed by atoms with van der Waals surface area (Å²) in [5, 5.41) is 0. The molecule has 3 nitrogen and oxygen atoms in total. The summed E-state index contributed by atoms with van der Waals surface area (Å²) in [7, 11) is 1.64. The first-order chi connectivity index (χ1) is 7.06. The normalized spacial score (nSPS) is 22.8. The van der Waals surface area contributed by atoms with Crippen LogP contribution < -0.4 is 15.2 Å². The molecule has 15 heavy (non-hydrogen) atoms. The topological polar surface area (TPSA) is 44.5 Å². The number of ether oxygens (including phenoxy) is 2. The number of fused-ring (bicyclic) bond motifs is 1. The molecule has 3 heteroatoms. The molecule has 82 valence electrons. The van der Waals surface area contributed by atoms with Gasteiger partial charge in [0.1, 0.15) is 0 Å². The highest BCUT2D eigenvalue weighted by Crippen LogP contribution is 2.45. The van der Waals surface area contributed by atoms with Gasteiger partial charge in [-0.05, 0) is 6.07 Å². The van der Waals surface area contributed by atoms with Crippen LogP contribution in [0.25, 0.3) is 0 Å². The van der Waals surface area contributed by atoms with E-state index in [9.17, 15) is 0 Å². The maximum absolute atomic E-state index is 6.21. The highest BCUT2D eigenvalue weighted by molar-refractivity contribution is 5.49. The summed E-state index contributed by atoms with van der Waals surface area (Å²) in [5.74, 6) is 1.56. The molecule has 0 aliphatic carbocycles. The molecular weight excluding hydrogens is 190 g/mol. The zero-order chi connectivity index (χ0) is 11.1. The molecule has 0 spiro atoms. The Morgan fingerprint density at radius 3 is 2.87 bits per heavy atom. The second-order valence-corrected chi connectivity index (χ2v) is 4.63.